The largest absolute Gasteiger partial charge is 0.481 e. The van der Waals surface area contributed by atoms with E-state index >= 15 is 0 Å². The predicted octanol–water partition coefficient (Wildman–Crippen LogP) is 3.17. The number of thioether (sulfide) groups is 1. The second kappa shape index (κ2) is 6.85. The molecule has 0 aliphatic carbocycles. The number of aryl methyl sites for hydroxylation is 1. The Bertz CT molecular complexity index is 413. The van der Waals surface area contributed by atoms with E-state index in [1.165, 1.54) is 24.2 Å². The predicted molar refractivity (Wildman–Crippen MR) is 81.1 cm³/mol. The van der Waals surface area contributed by atoms with Crippen molar-refractivity contribution in [1.82, 2.24) is 0 Å². The third-order valence-corrected chi connectivity index (χ3v) is 4.71. The molecule has 104 valence electrons. The molecule has 1 unspecified atom stereocenters. The Morgan fingerprint density at radius 3 is 2.74 bits per heavy atom. The monoisotopic (exact) mass is 279 g/mol. The molecule has 0 bridgehead atoms. The summed E-state index contributed by atoms with van der Waals surface area (Å²) in [6.45, 7) is 2.67. The van der Waals surface area contributed by atoms with Gasteiger partial charge >= 0.3 is 5.97 Å². The van der Waals surface area contributed by atoms with Gasteiger partial charge in [0.2, 0.25) is 0 Å². The molecule has 2 rings (SSSR count). The number of nitrogens with zero attached hydrogens (tertiary/aromatic N) is 1. The van der Waals surface area contributed by atoms with Gasteiger partial charge in [-0.2, -0.15) is 11.8 Å². The van der Waals surface area contributed by atoms with Crippen LogP contribution in [-0.2, 0) is 4.79 Å². The molecule has 1 aromatic rings. The van der Waals surface area contributed by atoms with E-state index in [9.17, 15) is 4.79 Å². The lowest BCUT2D eigenvalue weighted by atomic mass is 10.1. The Kier molecular flexibility index (Phi) is 5.14. The number of benzene rings is 1. The Morgan fingerprint density at radius 2 is 2.16 bits per heavy atom. The average Bonchev–Trinajstić information content (AvgIpc) is 2.42. The topological polar surface area (TPSA) is 40.5 Å². The summed E-state index contributed by atoms with van der Waals surface area (Å²) < 4.78 is 0. The van der Waals surface area contributed by atoms with Crippen LogP contribution in [0.4, 0.5) is 5.69 Å². The van der Waals surface area contributed by atoms with Gasteiger partial charge in [0, 0.05) is 24.0 Å². The number of rotatable bonds is 5. The summed E-state index contributed by atoms with van der Waals surface area (Å²) in [5.74, 6) is 1.62. The van der Waals surface area contributed by atoms with Crippen LogP contribution in [0, 0.1) is 6.92 Å². The molecule has 1 N–H and O–H groups in total. The van der Waals surface area contributed by atoms with E-state index in [1.807, 2.05) is 11.8 Å². The molecule has 1 atom stereocenters. The molecule has 1 fully saturated rings. The Labute approximate surface area is 119 Å². The van der Waals surface area contributed by atoms with Crippen LogP contribution in [0.3, 0.4) is 0 Å². The summed E-state index contributed by atoms with van der Waals surface area (Å²) in [7, 11) is 0. The summed E-state index contributed by atoms with van der Waals surface area (Å²) in [5.41, 5.74) is 2.39. The summed E-state index contributed by atoms with van der Waals surface area (Å²) in [6, 6.07) is 8.88. The van der Waals surface area contributed by atoms with Crippen molar-refractivity contribution >= 4 is 23.4 Å². The molecule has 0 aromatic heterocycles. The van der Waals surface area contributed by atoms with E-state index in [1.54, 1.807) is 0 Å². The highest BCUT2D eigenvalue weighted by atomic mass is 32.2. The van der Waals surface area contributed by atoms with Crippen molar-refractivity contribution in [3.05, 3.63) is 29.8 Å². The second-order valence-corrected chi connectivity index (χ2v) is 6.19. The number of carboxylic acid groups (broad SMARTS) is 1. The number of hydrogen-bond donors (Lipinski definition) is 1. The van der Waals surface area contributed by atoms with Crippen LogP contribution in [-0.4, -0.2) is 35.2 Å². The van der Waals surface area contributed by atoms with Gasteiger partial charge < -0.3 is 10.0 Å². The first-order chi connectivity index (χ1) is 9.16. The zero-order chi connectivity index (χ0) is 13.7. The Morgan fingerprint density at radius 1 is 1.42 bits per heavy atom. The molecule has 0 radical (unpaired) electrons. The van der Waals surface area contributed by atoms with Crippen molar-refractivity contribution in [2.24, 2.45) is 0 Å². The van der Waals surface area contributed by atoms with E-state index in [-0.39, 0.29) is 6.42 Å². The van der Waals surface area contributed by atoms with Gasteiger partial charge in [0.1, 0.15) is 0 Å². The zero-order valence-corrected chi connectivity index (χ0v) is 12.2. The lowest BCUT2D eigenvalue weighted by molar-refractivity contribution is -0.136. The zero-order valence-electron chi connectivity index (χ0n) is 11.3. The van der Waals surface area contributed by atoms with Gasteiger partial charge in [-0.1, -0.05) is 17.7 Å². The van der Waals surface area contributed by atoms with E-state index < -0.39 is 5.97 Å². The molecule has 4 heteroatoms. The first kappa shape index (κ1) is 14.3. The third-order valence-electron chi connectivity index (χ3n) is 3.51. The molecular formula is C15H21NO2S. The Balaban J connectivity index is 2.12. The lowest BCUT2D eigenvalue weighted by Gasteiger charge is -2.35. The smallest absolute Gasteiger partial charge is 0.305 e. The van der Waals surface area contributed by atoms with E-state index in [2.05, 4.69) is 36.1 Å². The van der Waals surface area contributed by atoms with E-state index in [4.69, 9.17) is 5.11 Å². The molecule has 19 heavy (non-hydrogen) atoms. The van der Waals surface area contributed by atoms with Crippen molar-refractivity contribution in [2.45, 2.75) is 32.2 Å². The average molecular weight is 279 g/mol. The molecular weight excluding hydrogens is 258 g/mol. The maximum Gasteiger partial charge on any atom is 0.305 e. The van der Waals surface area contributed by atoms with Crippen molar-refractivity contribution in [1.29, 1.82) is 0 Å². The highest BCUT2D eigenvalue weighted by molar-refractivity contribution is 7.99. The van der Waals surface area contributed by atoms with Gasteiger partial charge in [0.05, 0.1) is 6.42 Å². The van der Waals surface area contributed by atoms with Gasteiger partial charge in [0.25, 0.3) is 0 Å². The third kappa shape index (κ3) is 4.16. The molecule has 3 nitrogen and oxygen atoms in total. The van der Waals surface area contributed by atoms with E-state index in [0.29, 0.717) is 12.6 Å². The summed E-state index contributed by atoms with van der Waals surface area (Å²) in [5, 5.41) is 8.92. The number of carboxylic acids is 1. The number of anilines is 1. The van der Waals surface area contributed by atoms with Crippen LogP contribution in [0.25, 0.3) is 0 Å². The fraction of sp³-hybridized carbons (Fsp3) is 0.533. The minimum absolute atomic E-state index is 0.203. The van der Waals surface area contributed by atoms with Crippen molar-refractivity contribution < 1.29 is 9.90 Å². The van der Waals surface area contributed by atoms with Crippen LogP contribution in [0.2, 0.25) is 0 Å². The Hall–Kier alpha value is -1.16. The lowest BCUT2D eigenvalue weighted by Crippen LogP contribution is -2.40. The fourth-order valence-electron chi connectivity index (χ4n) is 2.44. The molecule has 1 aromatic carbocycles. The summed E-state index contributed by atoms with van der Waals surface area (Å²) >= 11 is 1.97. The van der Waals surface area contributed by atoms with Gasteiger partial charge in [-0.05, 0) is 37.7 Å². The fourth-order valence-corrected chi connectivity index (χ4v) is 3.60. The van der Waals surface area contributed by atoms with Crippen LogP contribution in [0.1, 0.15) is 24.8 Å². The highest BCUT2D eigenvalue weighted by Crippen LogP contribution is 2.26. The van der Waals surface area contributed by atoms with Gasteiger partial charge in [0.15, 0.2) is 0 Å². The maximum absolute atomic E-state index is 10.8. The number of hydrogen-bond acceptors (Lipinski definition) is 3. The maximum atomic E-state index is 10.8. The molecule has 1 heterocycles. The molecule has 1 saturated heterocycles. The SMILES string of the molecule is Cc1ccc(N(CCC(=O)O)C2CCCSC2)cc1. The normalized spacial score (nSPS) is 19.1. The minimum atomic E-state index is -0.722. The summed E-state index contributed by atoms with van der Waals surface area (Å²) in [6.07, 6.45) is 2.60. The van der Waals surface area contributed by atoms with E-state index in [0.717, 1.165) is 11.4 Å². The molecule has 1 aliphatic heterocycles. The molecule has 0 spiro atoms. The molecule has 0 saturated carbocycles. The minimum Gasteiger partial charge on any atom is -0.481 e. The van der Waals surface area contributed by atoms with Crippen molar-refractivity contribution in [2.75, 3.05) is 23.0 Å². The first-order valence-corrected chi connectivity index (χ1v) is 7.95. The highest BCUT2D eigenvalue weighted by Gasteiger charge is 2.22. The summed E-state index contributed by atoms with van der Waals surface area (Å²) in [4.78, 5) is 13.1. The van der Waals surface area contributed by atoms with Gasteiger partial charge in [-0.3, -0.25) is 4.79 Å². The van der Waals surface area contributed by atoms with Crippen molar-refractivity contribution in [3.63, 3.8) is 0 Å². The standard InChI is InChI=1S/C15H21NO2S/c1-12-4-6-13(7-5-12)16(9-8-15(17)18)14-3-2-10-19-11-14/h4-7,14H,2-3,8-11H2,1H3,(H,17,18). The van der Waals surface area contributed by atoms with Crippen LogP contribution in [0.5, 0.6) is 0 Å². The van der Waals surface area contributed by atoms with Gasteiger partial charge in [-0.25, -0.2) is 0 Å². The molecule has 0 amide bonds. The molecule has 1 aliphatic rings. The van der Waals surface area contributed by atoms with Gasteiger partial charge in [-0.15, -0.1) is 0 Å². The number of aliphatic carboxylic acids is 1. The number of carbonyl (C=O) groups is 1. The van der Waals surface area contributed by atoms with Crippen LogP contribution >= 0.6 is 11.8 Å². The van der Waals surface area contributed by atoms with Crippen LogP contribution in [0.15, 0.2) is 24.3 Å². The van der Waals surface area contributed by atoms with Crippen LogP contribution < -0.4 is 4.90 Å². The van der Waals surface area contributed by atoms with Crippen molar-refractivity contribution in [3.8, 4) is 0 Å². The quantitative estimate of drug-likeness (QED) is 0.898. The first-order valence-electron chi connectivity index (χ1n) is 6.79. The second-order valence-electron chi connectivity index (χ2n) is 5.04.